The second kappa shape index (κ2) is 7.57. The Morgan fingerprint density at radius 3 is 2.48 bits per heavy atom. The maximum absolute atomic E-state index is 12.0. The summed E-state index contributed by atoms with van der Waals surface area (Å²) < 4.78 is 0. The molecule has 0 radical (unpaired) electrons. The molecule has 1 amide bonds. The number of benzene rings is 1. The molecule has 1 saturated heterocycles. The highest BCUT2D eigenvalue weighted by molar-refractivity contribution is 5.82. The van der Waals surface area contributed by atoms with Crippen LogP contribution in [0.1, 0.15) is 32.3 Å². The first-order chi connectivity index (χ1) is 10.1. The van der Waals surface area contributed by atoms with Gasteiger partial charge >= 0.3 is 0 Å². The third-order valence-corrected chi connectivity index (χ3v) is 4.20. The Kier molecular flexibility index (Phi) is 5.76. The van der Waals surface area contributed by atoms with Gasteiger partial charge in [0, 0.05) is 25.7 Å². The van der Waals surface area contributed by atoms with Gasteiger partial charge in [0.1, 0.15) is 0 Å². The van der Waals surface area contributed by atoms with E-state index in [0.717, 1.165) is 32.5 Å². The Labute approximate surface area is 127 Å². The number of hydrogen-bond acceptors (Lipinski definition) is 3. The van der Waals surface area contributed by atoms with Crippen molar-refractivity contribution in [1.29, 1.82) is 0 Å². The fourth-order valence-electron chi connectivity index (χ4n) is 2.68. The summed E-state index contributed by atoms with van der Waals surface area (Å²) in [5.74, 6) is 0.176. The van der Waals surface area contributed by atoms with Crippen molar-refractivity contribution < 1.29 is 4.79 Å². The average molecular weight is 289 g/mol. The smallest absolute Gasteiger partial charge is 0.237 e. The lowest BCUT2D eigenvalue weighted by atomic mass is 10.0. The predicted octanol–water partition coefficient (Wildman–Crippen LogP) is 1.75. The van der Waals surface area contributed by atoms with Crippen LogP contribution in [0.25, 0.3) is 0 Å². The maximum atomic E-state index is 12.0. The third-order valence-electron chi connectivity index (χ3n) is 4.20. The summed E-state index contributed by atoms with van der Waals surface area (Å²) in [5, 5.41) is 3.09. The van der Waals surface area contributed by atoms with Crippen LogP contribution in [-0.2, 0) is 11.3 Å². The number of carbonyl (C=O) groups excluding carboxylic acids is 1. The molecule has 1 fully saturated rings. The highest BCUT2D eigenvalue weighted by Gasteiger charge is 2.24. The fourth-order valence-corrected chi connectivity index (χ4v) is 2.68. The molecular formula is C17H27N3O. The van der Waals surface area contributed by atoms with Gasteiger partial charge in [0.05, 0.1) is 6.04 Å². The molecule has 2 rings (SSSR count). The van der Waals surface area contributed by atoms with Crippen LogP contribution >= 0.6 is 0 Å². The van der Waals surface area contributed by atoms with E-state index in [1.165, 1.54) is 5.56 Å². The number of nitrogens with zero attached hydrogens (tertiary/aromatic N) is 1. The van der Waals surface area contributed by atoms with Crippen molar-refractivity contribution in [3.05, 3.63) is 35.9 Å². The molecule has 0 unspecified atom stereocenters. The molecular weight excluding hydrogens is 262 g/mol. The third kappa shape index (κ3) is 4.83. The summed E-state index contributed by atoms with van der Waals surface area (Å²) in [6, 6.07) is 10.4. The zero-order chi connectivity index (χ0) is 15.2. The van der Waals surface area contributed by atoms with Gasteiger partial charge < -0.3 is 11.1 Å². The molecule has 0 aliphatic carbocycles. The second-order valence-electron chi connectivity index (χ2n) is 6.31. The van der Waals surface area contributed by atoms with Crippen molar-refractivity contribution >= 4 is 5.91 Å². The minimum absolute atomic E-state index is 0.00786. The Hall–Kier alpha value is -1.39. The molecule has 4 nitrogen and oxygen atoms in total. The first-order valence-electron chi connectivity index (χ1n) is 7.88. The Morgan fingerprint density at radius 2 is 1.90 bits per heavy atom. The van der Waals surface area contributed by atoms with E-state index in [2.05, 4.69) is 34.5 Å². The van der Waals surface area contributed by atoms with E-state index in [-0.39, 0.29) is 17.9 Å². The Balaban J connectivity index is 1.74. The lowest BCUT2D eigenvalue weighted by Gasteiger charge is -2.33. The van der Waals surface area contributed by atoms with E-state index in [4.69, 9.17) is 5.73 Å². The SMILES string of the molecule is CC(C)[C@H](N)C(=O)NC1CCN(Cc2ccccc2)CC1. The number of amides is 1. The van der Waals surface area contributed by atoms with Crippen molar-refractivity contribution in [3.8, 4) is 0 Å². The molecule has 116 valence electrons. The molecule has 1 aromatic rings. The zero-order valence-electron chi connectivity index (χ0n) is 13.1. The van der Waals surface area contributed by atoms with Crippen LogP contribution in [0.3, 0.4) is 0 Å². The van der Waals surface area contributed by atoms with Gasteiger partial charge in [-0.2, -0.15) is 0 Å². The second-order valence-corrected chi connectivity index (χ2v) is 6.31. The minimum Gasteiger partial charge on any atom is -0.352 e. The van der Waals surface area contributed by atoms with Gasteiger partial charge in [-0.25, -0.2) is 0 Å². The maximum Gasteiger partial charge on any atom is 0.237 e. The van der Waals surface area contributed by atoms with Crippen LogP contribution in [0, 0.1) is 5.92 Å². The molecule has 3 N–H and O–H groups in total. The topological polar surface area (TPSA) is 58.4 Å². The van der Waals surface area contributed by atoms with Crippen LogP contribution in [0.15, 0.2) is 30.3 Å². The summed E-state index contributed by atoms with van der Waals surface area (Å²) in [7, 11) is 0. The molecule has 1 heterocycles. The van der Waals surface area contributed by atoms with Crippen LogP contribution in [-0.4, -0.2) is 36.0 Å². The number of rotatable bonds is 5. The van der Waals surface area contributed by atoms with Crippen molar-refractivity contribution in [2.24, 2.45) is 11.7 Å². The molecule has 0 saturated carbocycles. The zero-order valence-corrected chi connectivity index (χ0v) is 13.1. The van der Waals surface area contributed by atoms with Gasteiger partial charge in [-0.1, -0.05) is 44.2 Å². The van der Waals surface area contributed by atoms with E-state index < -0.39 is 6.04 Å². The highest BCUT2D eigenvalue weighted by Crippen LogP contribution is 2.14. The van der Waals surface area contributed by atoms with Gasteiger partial charge in [0.25, 0.3) is 0 Å². The lowest BCUT2D eigenvalue weighted by Crippen LogP contribution is -2.51. The van der Waals surface area contributed by atoms with Crippen molar-refractivity contribution in [1.82, 2.24) is 10.2 Å². The van der Waals surface area contributed by atoms with Gasteiger partial charge in [0.2, 0.25) is 5.91 Å². The first kappa shape index (κ1) is 16.0. The van der Waals surface area contributed by atoms with Gasteiger partial charge in [-0.3, -0.25) is 9.69 Å². The van der Waals surface area contributed by atoms with E-state index >= 15 is 0 Å². The number of nitrogens with one attached hydrogen (secondary N) is 1. The summed E-state index contributed by atoms with van der Waals surface area (Å²) in [6.45, 7) is 7.00. The average Bonchev–Trinajstić information content (AvgIpc) is 2.49. The van der Waals surface area contributed by atoms with Crippen molar-refractivity contribution in [2.45, 2.75) is 45.3 Å². The molecule has 0 bridgehead atoms. The molecule has 1 aliphatic heterocycles. The number of likely N-dealkylation sites (tertiary alicyclic amines) is 1. The summed E-state index contributed by atoms with van der Waals surface area (Å²) in [5.41, 5.74) is 7.23. The molecule has 1 aliphatic rings. The number of piperidine rings is 1. The lowest BCUT2D eigenvalue weighted by molar-refractivity contribution is -0.124. The van der Waals surface area contributed by atoms with Crippen LogP contribution in [0.2, 0.25) is 0 Å². The molecule has 1 aromatic carbocycles. The quantitative estimate of drug-likeness (QED) is 0.868. The van der Waals surface area contributed by atoms with Crippen LogP contribution < -0.4 is 11.1 Å². The number of hydrogen-bond donors (Lipinski definition) is 2. The first-order valence-corrected chi connectivity index (χ1v) is 7.88. The summed E-state index contributed by atoms with van der Waals surface area (Å²) >= 11 is 0. The monoisotopic (exact) mass is 289 g/mol. The summed E-state index contributed by atoms with van der Waals surface area (Å²) in [6.07, 6.45) is 2.01. The molecule has 4 heteroatoms. The number of carbonyl (C=O) groups is 1. The van der Waals surface area contributed by atoms with Gasteiger partial charge in [-0.05, 0) is 24.3 Å². The number of nitrogens with two attached hydrogens (primary N) is 1. The Bertz CT molecular complexity index is 439. The highest BCUT2D eigenvalue weighted by atomic mass is 16.2. The van der Waals surface area contributed by atoms with Crippen LogP contribution in [0.4, 0.5) is 0 Å². The fraction of sp³-hybridized carbons (Fsp3) is 0.588. The van der Waals surface area contributed by atoms with Crippen molar-refractivity contribution in [2.75, 3.05) is 13.1 Å². The summed E-state index contributed by atoms with van der Waals surface area (Å²) in [4.78, 5) is 14.4. The molecule has 21 heavy (non-hydrogen) atoms. The minimum atomic E-state index is -0.396. The van der Waals surface area contributed by atoms with E-state index in [1.807, 2.05) is 19.9 Å². The standard InChI is InChI=1S/C17H27N3O/c1-13(2)16(18)17(21)19-15-8-10-20(11-9-15)12-14-6-4-3-5-7-14/h3-7,13,15-16H,8-12,18H2,1-2H3,(H,19,21)/t16-/m0/s1. The van der Waals surface area contributed by atoms with E-state index in [0.29, 0.717) is 0 Å². The molecule has 0 aromatic heterocycles. The predicted molar refractivity (Wildman–Crippen MR) is 85.7 cm³/mol. The molecule has 0 spiro atoms. The normalized spacial score (nSPS) is 18.7. The van der Waals surface area contributed by atoms with Gasteiger partial charge in [-0.15, -0.1) is 0 Å². The Morgan fingerprint density at radius 1 is 1.29 bits per heavy atom. The van der Waals surface area contributed by atoms with Crippen molar-refractivity contribution in [3.63, 3.8) is 0 Å². The van der Waals surface area contributed by atoms with E-state index in [9.17, 15) is 4.79 Å². The van der Waals surface area contributed by atoms with Crippen LogP contribution in [0.5, 0.6) is 0 Å². The molecule has 1 atom stereocenters. The van der Waals surface area contributed by atoms with Gasteiger partial charge in [0.15, 0.2) is 0 Å². The van der Waals surface area contributed by atoms with E-state index in [1.54, 1.807) is 0 Å². The largest absolute Gasteiger partial charge is 0.352 e.